The Morgan fingerprint density at radius 1 is 1.27 bits per heavy atom. The molecule has 37 heavy (non-hydrogen) atoms. The number of carbonyl (C=O) groups is 1. The van der Waals surface area contributed by atoms with Crippen LogP contribution in [-0.2, 0) is 24.9 Å². The lowest BCUT2D eigenvalue weighted by Gasteiger charge is -2.24. The number of aliphatic carboxylic acids is 1. The second kappa shape index (κ2) is 10.3. The van der Waals surface area contributed by atoms with Crippen molar-refractivity contribution in [2.75, 3.05) is 6.54 Å². The van der Waals surface area contributed by atoms with Gasteiger partial charge in [0, 0.05) is 49.9 Å². The van der Waals surface area contributed by atoms with Gasteiger partial charge in [-0.1, -0.05) is 30.3 Å². The number of benzene rings is 2. The van der Waals surface area contributed by atoms with E-state index < -0.39 is 11.9 Å². The van der Waals surface area contributed by atoms with E-state index in [1.54, 1.807) is 23.1 Å². The Morgan fingerprint density at radius 3 is 2.89 bits per heavy atom. The molecule has 192 valence electrons. The minimum atomic E-state index is -0.921. The summed E-state index contributed by atoms with van der Waals surface area (Å²) in [4.78, 5) is 18.2. The number of halogens is 1. The molecule has 0 aliphatic carbocycles. The van der Waals surface area contributed by atoms with Crippen molar-refractivity contribution in [2.24, 2.45) is 7.05 Å². The van der Waals surface area contributed by atoms with Gasteiger partial charge in [0.2, 0.25) is 0 Å². The van der Waals surface area contributed by atoms with Crippen molar-refractivity contribution in [2.45, 2.75) is 51.8 Å². The van der Waals surface area contributed by atoms with Gasteiger partial charge >= 0.3 is 5.97 Å². The zero-order chi connectivity index (χ0) is 26.1. The van der Waals surface area contributed by atoms with Crippen molar-refractivity contribution >= 4 is 17.0 Å². The van der Waals surface area contributed by atoms with Crippen molar-refractivity contribution in [1.82, 2.24) is 24.9 Å². The molecule has 2 aromatic heterocycles. The average Bonchev–Trinajstić information content (AvgIpc) is 3.16. The van der Waals surface area contributed by atoms with E-state index in [0.29, 0.717) is 25.2 Å². The Kier molecular flexibility index (Phi) is 6.88. The maximum atomic E-state index is 15.1. The number of carboxylic acids is 1. The highest BCUT2D eigenvalue weighted by molar-refractivity contribution is 5.80. The summed E-state index contributed by atoms with van der Waals surface area (Å²) in [6.45, 7) is 5.64. The lowest BCUT2D eigenvalue weighted by molar-refractivity contribution is -0.137. The molecule has 2 unspecified atom stereocenters. The van der Waals surface area contributed by atoms with Crippen LogP contribution in [0.5, 0.6) is 5.75 Å². The summed E-state index contributed by atoms with van der Waals surface area (Å²) in [5.74, 6) is -0.921. The standard InChI is InChI=1S/C28H30FN5O3/c1-4-21-16-34(14-19-9-10-30-13-26(19)37-21)15-20-11-18(5-7-24(20)29)23(12-27(35)36)22-6-8-25-28(17(22)2)31-32-33(25)3/h5-11,13,21,23H,4,12,14-16H2,1-3H3,(H,35,36). The molecule has 1 N–H and O–H groups in total. The van der Waals surface area contributed by atoms with Gasteiger partial charge in [0.1, 0.15) is 23.2 Å². The molecule has 0 saturated heterocycles. The number of nitrogens with zero attached hydrogens (tertiary/aromatic N) is 5. The van der Waals surface area contributed by atoms with Gasteiger partial charge in [-0.2, -0.15) is 0 Å². The van der Waals surface area contributed by atoms with Gasteiger partial charge < -0.3 is 9.84 Å². The number of ether oxygens (including phenoxy) is 1. The van der Waals surface area contributed by atoms with Crippen LogP contribution in [0.15, 0.2) is 48.8 Å². The Hall–Kier alpha value is -3.85. The number of aryl methyl sites for hydroxylation is 2. The molecule has 2 atom stereocenters. The fourth-order valence-corrected chi connectivity index (χ4v) is 5.17. The first-order valence-corrected chi connectivity index (χ1v) is 12.4. The highest BCUT2D eigenvalue weighted by atomic mass is 19.1. The lowest BCUT2D eigenvalue weighted by Crippen LogP contribution is -2.32. The topological polar surface area (TPSA) is 93.4 Å². The Balaban J connectivity index is 1.50. The highest BCUT2D eigenvalue weighted by Gasteiger charge is 2.25. The van der Waals surface area contributed by atoms with Gasteiger partial charge in [0.15, 0.2) is 0 Å². The number of fused-ring (bicyclic) bond motifs is 2. The molecule has 0 saturated carbocycles. The van der Waals surface area contributed by atoms with Gasteiger partial charge in [0.25, 0.3) is 0 Å². The van der Waals surface area contributed by atoms with Crippen molar-refractivity contribution < 1.29 is 19.0 Å². The van der Waals surface area contributed by atoms with Crippen molar-refractivity contribution in [1.29, 1.82) is 0 Å². The maximum absolute atomic E-state index is 15.1. The smallest absolute Gasteiger partial charge is 0.304 e. The first kappa shape index (κ1) is 24.8. The molecule has 0 spiro atoms. The molecule has 3 heterocycles. The second-order valence-electron chi connectivity index (χ2n) is 9.66. The van der Waals surface area contributed by atoms with E-state index in [1.807, 2.05) is 38.2 Å². The average molecular weight is 504 g/mol. The number of pyridine rings is 1. The maximum Gasteiger partial charge on any atom is 0.304 e. The molecule has 5 rings (SSSR count). The third kappa shape index (κ3) is 5.04. The van der Waals surface area contributed by atoms with Crippen LogP contribution in [0.2, 0.25) is 0 Å². The summed E-state index contributed by atoms with van der Waals surface area (Å²) in [5, 5.41) is 18.1. The summed E-state index contributed by atoms with van der Waals surface area (Å²) in [5.41, 5.74) is 5.64. The summed E-state index contributed by atoms with van der Waals surface area (Å²) < 4.78 is 22.9. The number of carboxylic acid groups (broad SMARTS) is 1. The Bertz CT molecular complexity index is 1450. The van der Waals surface area contributed by atoms with Crippen LogP contribution >= 0.6 is 0 Å². The van der Waals surface area contributed by atoms with Crippen LogP contribution in [-0.4, -0.2) is 48.6 Å². The molecule has 0 amide bonds. The molecule has 1 aliphatic rings. The van der Waals surface area contributed by atoms with Crippen molar-refractivity contribution in [3.8, 4) is 5.75 Å². The monoisotopic (exact) mass is 503 g/mol. The molecule has 2 aromatic carbocycles. The van der Waals surface area contributed by atoms with E-state index in [-0.39, 0.29) is 18.3 Å². The summed E-state index contributed by atoms with van der Waals surface area (Å²) >= 11 is 0. The van der Waals surface area contributed by atoms with Gasteiger partial charge in [-0.15, -0.1) is 5.10 Å². The van der Waals surface area contributed by atoms with E-state index in [1.165, 1.54) is 6.07 Å². The predicted molar refractivity (Wildman–Crippen MR) is 137 cm³/mol. The molecule has 9 heteroatoms. The molecule has 0 bridgehead atoms. The molecule has 0 radical (unpaired) electrons. The first-order valence-electron chi connectivity index (χ1n) is 12.4. The first-order chi connectivity index (χ1) is 17.8. The highest BCUT2D eigenvalue weighted by Crippen LogP contribution is 2.34. The Morgan fingerprint density at radius 2 is 2.11 bits per heavy atom. The second-order valence-corrected chi connectivity index (χ2v) is 9.66. The molecule has 8 nitrogen and oxygen atoms in total. The minimum absolute atomic E-state index is 0.0298. The third-order valence-corrected chi connectivity index (χ3v) is 7.17. The van der Waals surface area contributed by atoms with Crippen LogP contribution in [0.1, 0.15) is 53.5 Å². The zero-order valence-corrected chi connectivity index (χ0v) is 21.2. The molecular formula is C28H30FN5O3. The Labute approximate surface area is 214 Å². The van der Waals surface area contributed by atoms with Crippen LogP contribution in [0, 0.1) is 12.7 Å². The van der Waals surface area contributed by atoms with Gasteiger partial charge in [-0.3, -0.25) is 14.7 Å². The predicted octanol–water partition coefficient (Wildman–Crippen LogP) is 4.59. The van der Waals surface area contributed by atoms with Gasteiger partial charge in [-0.05, 0) is 48.2 Å². The fourth-order valence-electron chi connectivity index (χ4n) is 5.17. The van der Waals surface area contributed by atoms with Gasteiger partial charge in [-0.25, -0.2) is 9.07 Å². The summed E-state index contributed by atoms with van der Waals surface area (Å²) in [6.07, 6.45) is 4.14. The molecule has 4 aromatic rings. The van der Waals surface area contributed by atoms with E-state index in [4.69, 9.17) is 4.74 Å². The van der Waals surface area contributed by atoms with Crippen LogP contribution in [0.25, 0.3) is 11.0 Å². The van der Waals surface area contributed by atoms with Crippen LogP contribution in [0.4, 0.5) is 4.39 Å². The normalized spacial score (nSPS) is 16.7. The van der Waals surface area contributed by atoms with E-state index in [9.17, 15) is 9.90 Å². The van der Waals surface area contributed by atoms with Crippen molar-refractivity contribution in [3.63, 3.8) is 0 Å². The third-order valence-electron chi connectivity index (χ3n) is 7.17. The number of aromatic nitrogens is 4. The summed E-state index contributed by atoms with van der Waals surface area (Å²) in [6, 6.07) is 10.7. The number of hydrogen-bond acceptors (Lipinski definition) is 6. The van der Waals surface area contributed by atoms with E-state index in [2.05, 4.69) is 27.1 Å². The summed E-state index contributed by atoms with van der Waals surface area (Å²) in [7, 11) is 1.82. The largest absolute Gasteiger partial charge is 0.487 e. The quantitative estimate of drug-likeness (QED) is 0.394. The molecule has 0 fully saturated rings. The SMILES string of the molecule is CCC1CN(Cc2cc(C(CC(=O)O)c3ccc4c(nnn4C)c3C)ccc2F)Cc2ccncc2O1. The molecular weight excluding hydrogens is 473 g/mol. The van der Waals surface area contributed by atoms with Crippen LogP contribution in [0.3, 0.4) is 0 Å². The van der Waals surface area contributed by atoms with E-state index in [0.717, 1.165) is 45.5 Å². The minimum Gasteiger partial charge on any atom is -0.487 e. The fraction of sp³-hybridized carbons (Fsp3) is 0.357. The number of hydrogen-bond donors (Lipinski definition) is 1. The zero-order valence-electron chi connectivity index (χ0n) is 21.2. The molecule has 1 aliphatic heterocycles. The number of rotatable bonds is 7. The van der Waals surface area contributed by atoms with Crippen molar-refractivity contribution in [3.05, 3.63) is 82.4 Å². The van der Waals surface area contributed by atoms with E-state index >= 15 is 4.39 Å². The van der Waals surface area contributed by atoms with Crippen LogP contribution < -0.4 is 4.74 Å². The lowest BCUT2D eigenvalue weighted by atomic mass is 9.85. The van der Waals surface area contributed by atoms with Gasteiger partial charge in [0.05, 0.1) is 18.1 Å².